The summed E-state index contributed by atoms with van der Waals surface area (Å²) < 4.78 is 0. The fourth-order valence-electron chi connectivity index (χ4n) is 2.44. The molecule has 1 aromatic rings. The van der Waals surface area contributed by atoms with E-state index in [1.807, 2.05) is 36.9 Å². The third kappa shape index (κ3) is 2.25. The first-order valence-corrected chi connectivity index (χ1v) is 6.59. The van der Waals surface area contributed by atoms with Crippen LogP contribution >= 0.6 is 12.2 Å². The quantitative estimate of drug-likeness (QED) is 0.831. The number of amides is 1. The Morgan fingerprint density at radius 2 is 2.17 bits per heavy atom. The largest absolute Gasteiger partial charge is 0.392 e. The molecule has 0 saturated carbocycles. The van der Waals surface area contributed by atoms with Crippen LogP contribution in [-0.4, -0.2) is 28.4 Å². The zero-order valence-electron chi connectivity index (χ0n) is 10.8. The first kappa shape index (κ1) is 13.0. The number of aryl methyl sites for hydroxylation is 1. The second kappa shape index (κ2) is 5.06. The minimum atomic E-state index is -0.0765. The van der Waals surface area contributed by atoms with Crippen molar-refractivity contribution in [1.29, 1.82) is 0 Å². The molecule has 1 amide bonds. The SMILES string of the molecule is Cc1cccc(C(=O)N2CCCC2C(N)=S)c1C. The van der Waals surface area contributed by atoms with Gasteiger partial charge in [-0.15, -0.1) is 0 Å². The van der Waals surface area contributed by atoms with Gasteiger partial charge >= 0.3 is 0 Å². The summed E-state index contributed by atoms with van der Waals surface area (Å²) in [4.78, 5) is 14.8. The van der Waals surface area contributed by atoms with Gasteiger partial charge in [-0.1, -0.05) is 24.4 Å². The fourth-order valence-corrected chi connectivity index (χ4v) is 2.69. The van der Waals surface area contributed by atoms with Crippen molar-refractivity contribution in [3.8, 4) is 0 Å². The predicted octanol–water partition coefficient (Wildman–Crippen LogP) is 2.19. The average Bonchev–Trinajstić information content (AvgIpc) is 2.81. The third-order valence-electron chi connectivity index (χ3n) is 3.68. The molecule has 0 radical (unpaired) electrons. The molecule has 1 fully saturated rings. The van der Waals surface area contributed by atoms with Gasteiger partial charge < -0.3 is 10.6 Å². The molecule has 0 aliphatic carbocycles. The number of rotatable bonds is 2. The maximum absolute atomic E-state index is 12.5. The Hall–Kier alpha value is -1.42. The number of hydrogen-bond donors (Lipinski definition) is 1. The molecule has 1 unspecified atom stereocenters. The first-order valence-electron chi connectivity index (χ1n) is 6.19. The van der Waals surface area contributed by atoms with E-state index in [9.17, 15) is 4.79 Å². The number of carbonyl (C=O) groups excluding carboxylic acids is 1. The second-order valence-corrected chi connectivity index (χ2v) is 5.28. The van der Waals surface area contributed by atoms with Crippen LogP contribution in [0.3, 0.4) is 0 Å². The van der Waals surface area contributed by atoms with Gasteiger partial charge in [-0.2, -0.15) is 0 Å². The number of nitrogens with two attached hydrogens (primary N) is 1. The van der Waals surface area contributed by atoms with Crippen molar-refractivity contribution >= 4 is 23.1 Å². The zero-order chi connectivity index (χ0) is 13.3. The minimum absolute atomic E-state index is 0.0477. The van der Waals surface area contributed by atoms with Gasteiger partial charge in [0.2, 0.25) is 0 Å². The van der Waals surface area contributed by atoms with Crippen molar-refractivity contribution in [2.45, 2.75) is 32.7 Å². The highest BCUT2D eigenvalue weighted by atomic mass is 32.1. The van der Waals surface area contributed by atoms with E-state index in [0.29, 0.717) is 4.99 Å². The van der Waals surface area contributed by atoms with Gasteiger partial charge in [0.25, 0.3) is 5.91 Å². The van der Waals surface area contributed by atoms with Crippen molar-refractivity contribution in [3.63, 3.8) is 0 Å². The summed E-state index contributed by atoms with van der Waals surface area (Å²) in [5.41, 5.74) is 8.64. The van der Waals surface area contributed by atoms with Gasteiger partial charge in [0.05, 0.1) is 11.0 Å². The Kier molecular flexibility index (Phi) is 3.66. The molecule has 1 atom stereocenters. The Bertz CT molecular complexity index is 499. The summed E-state index contributed by atoms with van der Waals surface area (Å²) in [6.07, 6.45) is 1.85. The van der Waals surface area contributed by atoms with Crippen LogP contribution in [0.2, 0.25) is 0 Å². The highest BCUT2D eigenvalue weighted by Crippen LogP contribution is 2.22. The van der Waals surface area contributed by atoms with Crippen LogP contribution in [0.4, 0.5) is 0 Å². The van der Waals surface area contributed by atoms with E-state index < -0.39 is 0 Å². The number of carbonyl (C=O) groups is 1. The molecule has 3 nitrogen and oxygen atoms in total. The lowest BCUT2D eigenvalue weighted by molar-refractivity contribution is 0.0769. The number of benzene rings is 1. The van der Waals surface area contributed by atoms with Crippen LogP contribution < -0.4 is 5.73 Å². The summed E-state index contributed by atoms with van der Waals surface area (Å²) in [5, 5.41) is 0. The lowest BCUT2D eigenvalue weighted by Gasteiger charge is -2.24. The molecule has 2 N–H and O–H groups in total. The summed E-state index contributed by atoms with van der Waals surface area (Å²) in [5.74, 6) is 0.0477. The van der Waals surface area contributed by atoms with Crippen molar-refractivity contribution in [3.05, 3.63) is 34.9 Å². The molecule has 1 aromatic carbocycles. The van der Waals surface area contributed by atoms with Gasteiger partial charge in [0.15, 0.2) is 0 Å². The van der Waals surface area contributed by atoms with Gasteiger partial charge in [-0.05, 0) is 43.9 Å². The van der Waals surface area contributed by atoms with Gasteiger partial charge in [0, 0.05) is 12.1 Å². The second-order valence-electron chi connectivity index (χ2n) is 4.81. The number of hydrogen-bond acceptors (Lipinski definition) is 2. The van der Waals surface area contributed by atoms with Gasteiger partial charge in [0.1, 0.15) is 0 Å². The third-order valence-corrected chi connectivity index (χ3v) is 3.95. The van der Waals surface area contributed by atoms with E-state index in [4.69, 9.17) is 18.0 Å². The monoisotopic (exact) mass is 262 g/mol. The summed E-state index contributed by atoms with van der Waals surface area (Å²) in [6, 6.07) is 5.73. The molecule has 0 bridgehead atoms. The molecule has 1 saturated heterocycles. The van der Waals surface area contributed by atoms with Gasteiger partial charge in [-0.3, -0.25) is 4.79 Å². The number of thiocarbonyl (C=S) groups is 1. The van der Waals surface area contributed by atoms with E-state index in [1.165, 1.54) is 0 Å². The van der Waals surface area contributed by atoms with Crippen LogP contribution in [0.5, 0.6) is 0 Å². The summed E-state index contributed by atoms with van der Waals surface area (Å²) in [7, 11) is 0. The maximum Gasteiger partial charge on any atom is 0.254 e. The smallest absolute Gasteiger partial charge is 0.254 e. The average molecular weight is 262 g/mol. The maximum atomic E-state index is 12.5. The Labute approximate surface area is 113 Å². The molecule has 96 valence electrons. The Balaban J connectivity index is 2.31. The molecule has 2 rings (SSSR count). The predicted molar refractivity (Wildman–Crippen MR) is 76.8 cm³/mol. The van der Waals surface area contributed by atoms with Crippen LogP contribution in [0.15, 0.2) is 18.2 Å². The topological polar surface area (TPSA) is 46.3 Å². The van der Waals surface area contributed by atoms with Crippen molar-refractivity contribution in [1.82, 2.24) is 4.90 Å². The van der Waals surface area contributed by atoms with Crippen LogP contribution in [-0.2, 0) is 0 Å². The Morgan fingerprint density at radius 1 is 1.44 bits per heavy atom. The molecule has 1 aliphatic heterocycles. The van der Waals surface area contributed by atoms with Gasteiger partial charge in [-0.25, -0.2) is 0 Å². The normalized spacial score (nSPS) is 19.0. The van der Waals surface area contributed by atoms with Crippen molar-refractivity contribution in [2.24, 2.45) is 5.73 Å². The summed E-state index contributed by atoms with van der Waals surface area (Å²) in [6.45, 7) is 4.74. The molecule has 4 heteroatoms. The minimum Gasteiger partial charge on any atom is -0.392 e. The zero-order valence-corrected chi connectivity index (χ0v) is 11.6. The van der Waals surface area contributed by atoms with Crippen LogP contribution in [0.1, 0.15) is 34.3 Å². The van der Waals surface area contributed by atoms with Crippen LogP contribution in [0, 0.1) is 13.8 Å². The van der Waals surface area contributed by atoms with Crippen molar-refractivity contribution in [2.75, 3.05) is 6.54 Å². The molecular formula is C14H18N2OS. The summed E-state index contributed by atoms with van der Waals surface area (Å²) >= 11 is 5.04. The molecule has 18 heavy (non-hydrogen) atoms. The lowest BCUT2D eigenvalue weighted by atomic mass is 10.0. The highest BCUT2D eigenvalue weighted by molar-refractivity contribution is 7.80. The molecule has 1 aliphatic rings. The van der Waals surface area contributed by atoms with E-state index >= 15 is 0 Å². The first-order chi connectivity index (χ1) is 8.52. The van der Waals surface area contributed by atoms with E-state index in [2.05, 4.69) is 0 Å². The van der Waals surface area contributed by atoms with Crippen LogP contribution in [0.25, 0.3) is 0 Å². The molecular weight excluding hydrogens is 244 g/mol. The van der Waals surface area contributed by atoms with E-state index in [0.717, 1.165) is 36.1 Å². The molecule has 0 aromatic heterocycles. The lowest BCUT2D eigenvalue weighted by Crippen LogP contribution is -2.43. The van der Waals surface area contributed by atoms with E-state index in [-0.39, 0.29) is 11.9 Å². The van der Waals surface area contributed by atoms with E-state index in [1.54, 1.807) is 0 Å². The Morgan fingerprint density at radius 3 is 2.83 bits per heavy atom. The number of likely N-dealkylation sites (tertiary alicyclic amines) is 1. The van der Waals surface area contributed by atoms with Crippen molar-refractivity contribution < 1.29 is 4.79 Å². The number of nitrogens with zero attached hydrogens (tertiary/aromatic N) is 1. The molecule has 0 spiro atoms. The standard InChI is InChI=1S/C14H18N2OS/c1-9-5-3-6-11(10(9)2)14(17)16-8-4-7-12(16)13(15)18/h3,5-6,12H,4,7-8H2,1-2H3,(H2,15,18). The fraction of sp³-hybridized carbons (Fsp3) is 0.429. The highest BCUT2D eigenvalue weighted by Gasteiger charge is 2.31. The molecule has 1 heterocycles.